The summed E-state index contributed by atoms with van der Waals surface area (Å²) < 4.78 is 0. The van der Waals surface area contributed by atoms with E-state index in [4.69, 9.17) is 0 Å². The lowest BCUT2D eigenvalue weighted by Crippen LogP contribution is -2.38. The molecule has 20 fully saturated rings. The first-order chi connectivity index (χ1) is 56.6. The van der Waals surface area contributed by atoms with Crippen molar-refractivity contribution < 1.29 is 0 Å². The van der Waals surface area contributed by atoms with Crippen molar-refractivity contribution in [1.29, 1.82) is 0 Å². The van der Waals surface area contributed by atoms with Crippen LogP contribution in [0.2, 0.25) is 0 Å². The van der Waals surface area contributed by atoms with Crippen LogP contribution in [0.3, 0.4) is 0 Å². The molecular weight excluding hydrogens is 1370 g/mol. The third-order valence-corrected chi connectivity index (χ3v) is 30.3. The summed E-state index contributed by atoms with van der Waals surface area (Å²) in [4.78, 5) is 0. The number of hydrogen-bond acceptors (Lipinski definition) is 0. The first-order valence-corrected chi connectivity index (χ1v) is 54.1. The molecule has 0 heterocycles. The molecule has 20 saturated carbocycles. The molecule has 0 saturated heterocycles. The molecule has 3 aromatic carbocycles. The van der Waals surface area contributed by atoms with Crippen molar-refractivity contribution in [1.82, 2.24) is 0 Å². The third kappa shape index (κ3) is 33.3. The molecule has 14 bridgehead atoms. The molecule has 0 nitrogen and oxygen atoms in total. The molecule has 23 rings (SSSR count). The van der Waals surface area contributed by atoms with E-state index in [2.05, 4.69) is 48.5 Å². The second-order valence-corrected chi connectivity index (χ2v) is 33.9. The lowest BCUT2D eigenvalue weighted by Gasteiger charge is -2.49. The van der Waals surface area contributed by atoms with Crippen LogP contribution in [0, 0.1) is 154 Å². The van der Waals surface area contributed by atoms with E-state index in [-0.39, 0.29) is 0 Å². The minimum Gasteiger partial charge on any atom is -0.0683 e. The van der Waals surface area contributed by atoms with Gasteiger partial charge in [-0.15, -0.1) is 0 Å². The Labute approximate surface area is 723 Å². The zero-order chi connectivity index (χ0) is 86.3. The van der Waals surface area contributed by atoms with Crippen LogP contribution in [0.15, 0.2) is 84.9 Å². The Morgan fingerprint density at radius 1 is 0.140 bits per heavy atom. The average molecular weight is 1590 g/mol. The Morgan fingerprint density at radius 2 is 0.333 bits per heavy atom. The summed E-state index contributed by atoms with van der Waals surface area (Å²) in [7, 11) is 0. The highest BCUT2D eigenvalue weighted by Crippen LogP contribution is 2.73. The van der Waals surface area contributed by atoms with Gasteiger partial charge in [0.25, 0.3) is 0 Å². The maximum atomic E-state index is 2.12. The smallest absolute Gasteiger partial charge is 0.0184 e. The van der Waals surface area contributed by atoms with Crippen LogP contribution >= 0.6 is 0 Å². The monoisotopic (exact) mass is 1590 g/mol. The zero-order valence-corrected chi connectivity index (χ0v) is 84.4. The Bertz CT molecular complexity index is 2180. The van der Waals surface area contributed by atoms with Crippen LogP contribution in [0.25, 0.3) is 10.8 Å². The van der Waals surface area contributed by atoms with E-state index in [1.54, 1.807) is 193 Å². The standard InChI is InChI=1S/2C15H22.2C10H16.C10H18.C10H8.C6H12.C6H6.16C2H6/c1-3-10-5-8(1)12-7-13-9-2-4-11(6-9)15(13)14(10)12;1-2-10-11(3-1)13-7-12(10)14-8-4-5-9(6-8)15(13)14;1-7-2-9-4-8(1)5-10(3-7)6-9;1-2-9-7-4-5-8(6-7)10(9)3-1;2*1-2-6-10-8-4-3-7-9(10)5-1;2*1-2-4-6-5-3-1;16*1-2/h2*8-15H,1-7H2;2*7-10H,1-6H2;9-10H,1-8H2;1-8H;1-6H2;1-6H;16*1-2H3. The van der Waals surface area contributed by atoms with Gasteiger partial charge in [-0.25, -0.2) is 0 Å². The van der Waals surface area contributed by atoms with Crippen LogP contribution in [0.5, 0.6) is 0 Å². The van der Waals surface area contributed by atoms with Crippen molar-refractivity contribution in [2.24, 2.45) is 154 Å². The SMILES string of the molecule is C1C2CC3CC1CC(C2)C3.C1CC2C(C1)C1CC2C2C3CCC(C3)C12.C1CC2C3CCC(C3)C2C1.C1CC2CC1C1CC3C4CCC(C4)C3C21.C1CCC2CCCCC2C1.C1CCCCC1.CC.CC.CC.CC.CC.CC.CC.CC.CC.CC.CC.CC.CC.CC.CC.CC.c1ccc2ccccc2c1.c1ccccc1. The fraction of sp³-hybridized carbons (Fsp3) is 0.860. The van der Waals surface area contributed by atoms with Crippen molar-refractivity contribution >= 4 is 10.8 Å². The molecule has 20 atom stereocenters. The van der Waals surface area contributed by atoms with E-state index in [1.165, 1.54) is 217 Å². The number of fused-ring (bicyclic) bond motifs is 30. The minimum absolute atomic E-state index is 1.16. The van der Waals surface area contributed by atoms with Gasteiger partial charge in [0.05, 0.1) is 0 Å². The van der Waals surface area contributed by atoms with Gasteiger partial charge in [0, 0.05) is 0 Å². The van der Waals surface area contributed by atoms with Crippen LogP contribution in [0.4, 0.5) is 0 Å². The van der Waals surface area contributed by atoms with Gasteiger partial charge >= 0.3 is 0 Å². The van der Waals surface area contributed by atoms with Gasteiger partial charge in [-0.3, -0.25) is 0 Å². The molecular formula is C114H216. The molecule has 3 aromatic rings. The van der Waals surface area contributed by atoms with Crippen LogP contribution in [0.1, 0.15) is 478 Å². The predicted molar refractivity (Wildman–Crippen MR) is 527 cm³/mol. The number of benzene rings is 3. The summed E-state index contributed by atoms with van der Waals surface area (Å²) in [6, 6.07) is 28.7. The molecule has 20 aliphatic carbocycles. The summed E-state index contributed by atoms with van der Waals surface area (Å²) in [6.45, 7) is 64.0. The van der Waals surface area contributed by atoms with Crippen LogP contribution in [-0.2, 0) is 0 Å². The van der Waals surface area contributed by atoms with E-state index in [0.29, 0.717) is 0 Å². The van der Waals surface area contributed by atoms with Crippen LogP contribution < -0.4 is 0 Å². The summed E-state index contributed by atoms with van der Waals surface area (Å²) in [5, 5.41) is 2.62. The molecule has 20 unspecified atom stereocenters. The summed E-state index contributed by atoms with van der Waals surface area (Å²) in [6.07, 6.45) is 63.3. The molecule has 0 aliphatic heterocycles. The second-order valence-electron chi connectivity index (χ2n) is 33.9. The fourth-order valence-electron chi connectivity index (χ4n) is 27.8. The maximum absolute atomic E-state index is 2.12. The highest BCUT2D eigenvalue weighted by Gasteiger charge is 2.66. The Morgan fingerprint density at radius 3 is 0.588 bits per heavy atom. The van der Waals surface area contributed by atoms with Crippen molar-refractivity contribution in [3.05, 3.63) is 84.9 Å². The Hall–Kier alpha value is -2.08. The van der Waals surface area contributed by atoms with Gasteiger partial charge in [0.15, 0.2) is 0 Å². The van der Waals surface area contributed by atoms with Gasteiger partial charge in [-0.1, -0.05) is 409 Å². The van der Waals surface area contributed by atoms with E-state index >= 15 is 0 Å². The molecule has 0 aromatic heterocycles. The predicted octanol–water partition coefficient (Wildman–Crippen LogP) is 39.7. The number of rotatable bonds is 0. The van der Waals surface area contributed by atoms with E-state index in [9.17, 15) is 0 Å². The van der Waals surface area contributed by atoms with Gasteiger partial charge in [-0.2, -0.15) is 0 Å². The van der Waals surface area contributed by atoms with Gasteiger partial charge in [0.2, 0.25) is 0 Å². The van der Waals surface area contributed by atoms with Gasteiger partial charge in [0.1, 0.15) is 0 Å². The quantitative estimate of drug-likeness (QED) is 0.197. The minimum atomic E-state index is 1.16. The Balaban J connectivity index is 0. The highest BCUT2D eigenvalue weighted by molar-refractivity contribution is 5.82. The number of hydrogen-bond donors (Lipinski definition) is 0. The van der Waals surface area contributed by atoms with Crippen molar-refractivity contribution in [2.45, 2.75) is 478 Å². The average Bonchev–Trinajstić information content (AvgIpc) is 1.54. The lowest BCUT2D eigenvalue weighted by atomic mass is 9.56. The second kappa shape index (κ2) is 72.5. The summed E-state index contributed by atoms with van der Waals surface area (Å²) in [5.74, 6) is 31.3. The van der Waals surface area contributed by atoms with Crippen LogP contribution in [-0.4, -0.2) is 0 Å². The summed E-state index contributed by atoms with van der Waals surface area (Å²) in [5.41, 5.74) is 0. The molecule has 20 aliphatic rings. The molecule has 0 spiro atoms. The molecule has 672 valence electrons. The lowest BCUT2D eigenvalue weighted by molar-refractivity contribution is 0.0198. The molecule has 0 amide bonds. The fourth-order valence-corrected chi connectivity index (χ4v) is 27.8. The topological polar surface area (TPSA) is 0 Å². The van der Waals surface area contributed by atoms with E-state index < -0.39 is 0 Å². The van der Waals surface area contributed by atoms with Gasteiger partial charge in [-0.05, 0) is 319 Å². The molecule has 0 N–H and O–H groups in total. The first kappa shape index (κ1) is 114. The van der Waals surface area contributed by atoms with Crippen molar-refractivity contribution in [3.63, 3.8) is 0 Å². The Kier molecular flexibility index (Phi) is 72.5. The van der Waals surface area contributed by atoms with Crippen molar-refractivity contribution in [3.8, 4) is 0 Å². The largest absolute Gasteiger partial charge is 0.0683 e. The molecule has 0 heteroatoms. The first-order valence-electron chi connectivity index (χ1n) is 54.1. The normalized spacial score (nSPS) is 35.2. The van der Waals surface area contributed by atoms with E-state index in [1.807, 2.05) is 258 Å². The molecule has 114 heavy (non-hydrogen) atoms. The molecule has 0 radical (unpaired) electrons. The van der Waals surface area contributed by atoms with E-state index in [0.717, 1.165) is 11.8 Å². The third-order valence-electron chi connectivity index (χ3n) is 30.3. The zero-order valence-electron chi connectivity index (χ0n) is 84.4. The van der Waals surface area contributed by atoms with Crippen molar-refractivity contribution in [2.75, 3.05) is 0 Å². The van der Waals surface area contributed by atoms with Gasteiger partial charge < -0.3 is 0 Å². The maximum Gasteiger partial charge on any atom is -0.0184 e. The summed E-state index contributed by atoms with van der Waals surface area (Å²) >= 11 is 0. The highest BCUT2D eigenvalue weighted by atomic mass is 14.7.